The van der Waals surface area contributed by atoms with Gasteiger partial charge in [0.25, 0.3) is 0 Å². The van der Waals surface area contributed by atoms with Crippen molar-refractivity contribution in [2.45, 2.75) is 6.92 Å². The van der Waals surface area contributed by atoms with Crippen LogP contribution in [0.15, 0.2) is 36.5 Å². The predicted molar refractivity (Wildman–Crippen MR) is 59.1 cm³/mol. The lowest BCUT2D eigenvalue weighted by Crippen LogP contribution is -1.91. The van der Waals surface area contributed by atoms with Crippen LogP contribution in [0.3, 0.4) is 0 Å². The maximum Gasteiger partial charge on any atom is 0.141 e. The van der Waals surface area contributed by atoms with Gasteiger partial charge in [-0.15, -0.1) is 0 Å². The summed E-state index contributed by atoms with van der Waals surface area (Å²) in [5, 5.41) is 8.77. The molecular formula is C13H9FN2. The van der Waals surface area contributed by atoms with Crippen molar-refractivity contribution in [3.8, 4) is 17.3 Å². The van der Waals surface area contributed by atoms with E-state index in [0.717, 1.165) is 16.8 Å². The molecule has 0 fully saturated rings. The molecule has 0 amide bonds. The minimum atomic E-state index is -0.486. The van der Waals surface area contributed by atoms with E-state index in [9.17, 15) is 4.39 Å². The fourth-order valence-electron chi connectivity index (χ4n) is 1.56. The average molecular weight is 212 g/mol. The Labute approximate surface area is 93.0 Å². The van der Waals surface area contributed by atoms with E-state index in [1.165, 1.54) is 12.1 Å². The van der Waals surface area contributed by atoms with E-state index in [0.29, 0.717) is 0 Å². The largest absolute Gasteiger partial charge is 0.256 e. The normalized spacial score (nSPS) is 9.81. The van der Waals surface area contributed by atoms with E-state index in [-0.39, 0.29) is 5.56 Å². The van der Waals surface area contributed by atoms with E-state index in [1.807, 2.05) is 24.3 Å². The molecule has 0 aliphatic heterocycles. The molecule has 2 rings (SSSR count). The molecule has 0 aliphatic carbocycles. The number of rotatable bonds is 1. The number of halogens is 1. The predicted octanol–water partition coefficient (Wildman–Crippen LogP) is 3.07. The van der Waals surface area contributed by atoms with Gasteiger partial charge in [0.2, 0.25) is 0 Å². The maximum absolute atomic E-state index is 13.3. The number of hydrogen-bond acceptors (Lipinski definition) is 2. The van der Waals surface area contributed by atoms with Crippen LogP contribution in [0.4, 0.5) is 4.39 Å². The second kappa shape index (κ2) is 4.11. The highest BCUT2D eigenvalue weighted by atomic mass is 19.1. The zero-order valence-electron chi connectivity index (χ0n) is 8.74. The quantitative estimate of drug-likeness (QED) is 0.728. The molecule has 3 heteroatoms. The fourth-order valence-corrected chi connectivity index (χ4v) is 1.56. The number of aryl methyl sites for hydroxylation is 1. The lowest BCUT2D eigenvalue weighted by molar-refractivity contribution is 0.623. The first kappa shape index (κ1) is 10.3. The monoisotopic (exact) mass is 212 g/mol. The van der Waals surface area contributed by atoms with Crippen LogP contribution in [0.1, 0.15) is 11.1 Å². The minimum absolute atomic E-state index is 0.0475. The van der Waals surface area contributed by atoms with Crippen LogP contribution < -0.4 is 0 Å². The molecule has 1 aromatic heterocycles. The Hall–Kier alpha value is -2.21. The summed E-state index contributed by atoms with van der Waals surface area (Å²) in [6.45, 7) is 1.80. The summed E-state index contributed by atoms with van der Waals surface area (Å²) < 4.78 is 13.3. The molecule has 0 aliphatic rings. The smallest absolute Gasteiger partial charge is 0.141 e. The van der Waals surface area contributed by atoms with Gasteiger partial charge < -0.3 is 0 Å². The Morgan fingerprint density at radius 1 is 1.31 bits per heavy atom. The van der Waals surface area contributed by atoms with Gasteiger partial charge in [0.05, 0.1) is 11.3 Å². The Kier molecular flexibility index (Phi) is 2.65. The zero-order chi connectivity index (χ0) is 11.5. The lowest BCUT2D eigenvalue weighted by Gasteiger charge is -2.06. The van der Waals surface area contributed by atoms with Crippen molar-refractivity contribution >= 4 is 0 Å². The summed E-state index contributed by atoms with van der Waals surface area (Å²) in [6.07, 6.45) is 1.67. The topological polar surface area (TPSA) is 36.7 Å². The number of nitriles is 1. The lowest BCUT2D eigenvalue weighted by atomic mass is 10.0. The third kappa shape index (κ3) is 1.78. The van der Waals surface area contributed by atoms with Crippen molar-refractivity contribution in [1.29, 1.82) is 5.26 Å². The van der Waals surface area contributed by atoms with Crippen molar-refractivity contribution in [2.24, 2.45) is 0 Å². The van der Waals surface area contributed by atoms with Crippen molar-refractivity contribution in [1.82, 2.24) is 4.98 Å². The Bertz CT molecular complexity index is 556. The summed E-state index contributed by atoms with van der Waals surface area (Å²) in [4.78, 5) is 4.18. The number of pyridine rings is 1. The van der Waals surface area contributed by atoms with Crippen molar-refractivity contribution in [2.75, 3.05) is 0 Å². The third-order valence-corrected chi connectivity index (χ3v) is 2.38. The van der Waals surface area contributed by atoms with Crippen molar-refractivity contribution < 1.29 is 4.39 Å². The van der Waals surface area contributed by atoms with Gasteiger partial charge in [0.15, 0.2) is 0 Å². The second-order valence-electron chi connectivity index (χ2n) is 3.47. The number of benzene rings is 1. The van der Waals surface area contributed by atoms with Gasteiger partial charge in [-0.1, -0.05) is 6.07 Å². The molecule has 0 unspecified atom stereocenters. The molecule has 0 atom stereocenters. The minimum Gasteiger partial charge on any atom is -0.256 e. The van der Waals surface area contributed by atoms with Gasteiger partial charge in [0, 0.05) is 11.8 Å². The molecule has 0 N–H and O–H groups in total. The van der Waals surface area contributed by atoms with Crippen molar-refractivity contribution in [3.05, 3.63) is 53.5 Å². The zero-order valence-corrected chi connectivity index (χ0v) is 8.74. The fraction of sp³-hybridized carbons (Fsp3) is 0.0769. The molecule has 0 radical (unpaired) electrons. The van der Waals surface area contributed by atoms with Gasteiger partial charge >= 0.3 is 0 Å². The van der Waals surface area contributed by atoms with Crippen molar-refractivity contribution in [3.63, 3.8) is 0 Å². The molecule has 0 saturated carbocycles. The summed E-state index contributed by atoms with van der Waals surface area (Å²) in [6, 6.07) is 10.2. The molecule has 2 nitrogen and oxygen atoms in total. The average Bonchev–Trinajstić information content (AvgIpc) is 2.30. The molecule has 1 aromatic carbocycles. The molecule has 0 spiro atoms. The van der Waals surface area contributed by atoms with E-state index >= 15 is 0 Å². The van der Waals surface area contributed by atoms with E-state index in [1.54, 1.807) is 13.1 Å². The first-order chi connectivity index (χ1) is 7.72. The molecular weight excluding hydrogens is 203 g/mol. The van der Waals surface area contributed by atoms with Crippen LogP contribution >= 0.6 is 0 Å². The Morgan fingerprint density at radius 2 is 2.12 bits per heavy atom. The van der Waals surface area contributed by atoms with Crippen LogP contribution in [0.5, 0.6) is 0 Å². The first-order valence-corrected chi connectivity index (χ1v) is 4.84. The van der Waals surface area contributed by atoms with Gasteiger partial charge in [-0.3, -0.25) is 4.98 Å². The standard InChI is InChI=1S/C13H9FN2/c1-9-6-12(14)10(8-15)7-11(9)13-4-2-3-5-16-13/h2-7H,1H3. The molecule has 1 heterocycles. The third-order valence-electron chi connectivity index (χ3n) is 2.38. The highest BCUT2D eigenvalue weighted by Gasteiger charge is 2.08. The Morgan fingerprint density at radius 3 is 2.75 bits per heavy atom. The van der Waals surface area contributed by atoms with Gasteiger partial charge in [-0.05, 0) is 36.8 Å². The van der Waals surface area contributed by atoms with E-state index in [4.69, 9.17) is 5.26 Å². The maximum atomic E-state index is 13.3. The number of hydrogen-bond donors (Lipinski definition) is 0. The van der Waals surface area contributed by atoms with Crippen LogP contribution in [-0.4, -0.2) is 4.98 Å². The van der Waals surface area contributed by atoms with Crippen LogP contribution in [0.25, 0.3) is 11.3 Å². The highest BCUT2D eigenvalue weighted by Crippen LogP contribution is 2.24. The summed E-state index contributed by atoms with van der Waals surface area (Å²) in [7, 11) is 0. The SMILES string of the molecule is Cc1cc(F)c(C#N)cc1-c1ccccn1. The summed E-state index contributed by atoms with van der Waals surface area (Å²) in [5.41, 5.74) is 2.36. The van der Waals surface area contributed by atoms with Crippen LogP contribution in [0.2, 0.25) is 0 Å². The molecule has 16 heavy (non-hydrogen) atoms. The number of aromatic nitrogens is 1. The Balaban J connectivity index is 2.63. The number of nitrogens with zero attached hydrogens (tertiary/aromatic N) is 2. The summed E-state index contributed by atoms with van der Waals surface area (Å²) >= 11 is 0. The molecule has 0 bridgehead atoms. The molecule has 0 saturated heterocycles. The van der Waals surface area contributed by atoms with Gasteiger partial charge in [-0.2, -0.15) is 5.26 Å². The van der Waals surface area contributed by atoms with E-state index < -0.39 is 5.82 Å². The van der Waals surface area contributed by atoms with Gasteiger partial charge in [-0.25, -0.2) is 4.39 Å². The van der Waals surface area contributed by atoms with Crippen LogP contribution in [-0.2, 0) is 0 Å². The molecule has 78 valence electrons. The van der Waals surface area contributed by atoms with Gasteiger partial charge in [0.1, 0.15) is 11.9 Å². The van der Waals surface area contributed by atoms with E-state index in [2.05, 4.69) is 4.98 Å². The first-order valence-electron chi connectivity index (χ1n) is 4.84. The summed E-state index contributed by atoms with van der Waals surface area (Å²) in [5.74, 6) is -0.486. The highest BCUT2D eigenvalue weighted by molar-refractivity contribution is 5.65. The van der Waals surface area contributed by atoms with Crippen LogP contribution in [0, 0.1) is 24.1 Å². The molecule has 2 aromatic rings. The second-order valence-corrected chi connectivity index (χ2v) is 3.47.